The van der Waals surface area contributed by atoms with Gasteiger partial charge in [0.15, 0.2) is 0 Å². The van der Waals surface area contributed by atoms with Crippen LogP contribution in [0.2, 0.25) is 0 Å². The van der Waals surface area contributed by atoms with Crippen LogP contribution in [0.25, 0.3) is 0 Å². The molecule has 0 radical (unpaired) electrons. The lowest BCUT2D eigenvalue weighted by Crippen LogP contribution is -2.42. The van der Waals surface area contributed by atoms with E-state index in [9.17, 15) is 21.6 Å². The third kappa shape index (κ3) is 3.68. The Labute approximate surface area is 158 Å². The molecule has 2 aliphatic heterocycles. The minimum Gasteiger partial charge on any atom is -0.497 e. The first-order valence-corrected chi connectivity index (χ1v) is 11.5. The number of nitrogens with zero attached hydrogens (tertiary/aromatic N) is 2. The topological polar surface area (TPSA) is 110 Å². The first kappa shape index (κ1) is 20.1. The van der Waals surface area contributed by atoms with Crippen LogP contribution in [0.5, 0.6) is 5.75 Å². The molecule has 0 saturated carbocycles. The first-order chi connectivity index (χ1) is 12.7. The highest BCUT2D eigenvalue weighted by molar-refractivity contribution is 7.89. The third-order valence-corrected chi connectivity index (χ3v) is 8.81. The lowest BCUT2D eigenvalue weighted by molar-refractivity contribution is -0.144. The van der Waals surface area contributed by atoms with Crippen LogP contribution in [0.3, 0.4) is 0 Å². The van der Waals surface area contributed by atoms with Crippen molar-refractivity contribution in [2.75, 3.05) is 33.1 Å². The molecule has 0 unspecified atom stereocenters. The molecule has 2 aliphatic rings. The molecule has 150 valence electrons. The average molecular weight is 418 g/mol. The van der Waals surface area contributed by atoms with E-state index < -0.39 is 38.1 Å². The quantitative estimate of drug-likeness (QED) is 0.621. The van der Waals surface area contributed by atoms with Crippen molar-refractivity contribution < 1.29 is 31.1 Å². The molecule has 11 heteroatoms. The molecule has 27 heavy (non-hydrogen) atoms. The molecule has 3 rings (SSSR count). The monoisotopic (exact) mass is 418 g/mol. The molecule has 9 nitrogen and oxygen atoms in total. The molecule has 0 N–H and O–H groups in total. The second-order valence-electron chi connectivity index (χ2n) is 6.46. The Kier molecular flexibility index (Phi) is 5.48. The van der Waals surface area contributed by atoms with E-state index in [1.54, 1.807) is 0 Å². The van der Waals surface area contributed by atoms with E-state index in [2.05, 4.69) is 0 Å². The Morgan fingerprint density at radius 3 is 2.37 bits per heavy atom. The maximum Gasteiger partial charge on any atom is 0.324 e. The van der Waals surface area contributed by atoms with Gasteiger partial charge in [-0.1, -0.05) is 0 Å². The summed E-state index contributed by atoms with van der Waals surface area (Å²) in [4.78, 5) is 12.2. The van der Waals surface area contributed by atoms with Crippen LogP contribution in [0, 0.1) is 0 Å². The molecule has 0 aliphatic carbocycles. The molecule has 1 aromatic carbocycles. The van der Waals surface area contributed by atoms with Crippen LogP contribution in [0.4, 0.5) is 0 Å². The number of esters is 1. The van der Waals surface area contributed by atoms with Gasteiger partial charge in [0, 0.05) is 19.1 Å². The van der Waals surface area contributed by atoms with Gasteiger partial charge in [0.25, 0.3) is 0 Å². The van der Waals surface area contributed by atoms with Gasteiger partial charge < -0.3 is 9.47 Å². The van der Waals surface area contributed by atoms with Crippen LogP contribution in [0.1, 0.15) is 12.8 Å². The Hall–Kier alpha value is -1.69. The predicted octanol–water partition coefficient (Wildman–Crippen LogP) is 0.0353. The summed E-state index contributed by atoms with van der Waals surface area (Å²) >= 11 is 0. The average Bonchev–Trinajstić information content (AvgIpc) is 3.24. The van der Waals surface area contributed by atoms with Crippen molar-refractivity contribution >= 4 is 26.0 Å². The fourth-order valence-corrected chi connectivity index (χ4v) is 6.93. The SMILES string of the molecule is COC(=O)[C@H]1C[C@H](N2CCCS2(=O)=O)CN1S(=O)(=O)c1ccc(OC)cc1. The molecular weight excluding hydrogens is 396 g/mol. The van der Waals surface area contributed by atoms with Gasteiger partial charge >= 0.3 is 5.97 Å². The summed E-state index contributed by atoms with van der Waals surface area (Å²) in [5.74, 6) is -0.162. The Balaban J connectivity index is 1.94. The lowest BCUT2D eigenvalue weighted by atomic mass is 10.2. The van der Waals surface area contributed by atoms with Gasteiger partial charge in [-0.3, -0.25) is 4.79 Å². The number of hydrogen-bond donors (Lipinski definition) is 0. The molecule has 2 atom stereocenters. The number of methoxy groups -OCH3 is 2. The molecule has 1 aromatic rings. The zero-order valence-electron chi connectivity index (χ0n) is 15.1. The maximum atomic E-state index is 13.1. The van der Waals surface area contributed by atoms with Gasteiger partial charge in [0.05, 0.1) is 24.9 Å². The normalized spacial score (nSPS) is 26.1. The van der Waals surface area contributed by atoms with E-state index in [0.717, 1.165) is 4.31 Å². The van der Waals surface area contributed by atoms with Crippen molar-refractivity contribution in [2.24, 2.45) is 0 Å². The number of carbonyl (C=O) groups excluding carboxylic acids is 1. The van der Waals surface area contributed by atoms with Crippen molar-refractivity contribution in [2.45, 2.75) is 29.8 Å². The smallest absolute Gasteiger partial charge is 0.324 e. The zero-order valence-corrected chi connectivity index (χ0v) is 16.7. The minimum atomic E-state index is -4.01. The molecule has 2 heterocycles. The highest BCUT2D eigenvalue weighted by Gasteiger charge is 2.49. The summed E-state index contributed by atoms with van der Waals surface area (Å²) < 4.78 is 62.8. The Bertz CT molecular complexity index is 913. The number of sulfonamides is 2. The van der Waals surface area contributed by atoms with Crippen molar-refractivity contribution in [1.29, 1.82) is 0 Å². The summed E-state index contributed by atoms with van der Waals surface area (Å²) in [6, 6.07) is 4.15. The highest BCUT2D eigenvalue weighted by Crippen LogP contribution is 2.32. The molecule has 0 spiro atoms. The zero-order chi connectivity index (χ0) is 19.8. The van der Waals surface area contributed by atoms with E-state index >= 15 is 0 Å². The van der Waals surface area contributed by atoms with E-state index in [1.807, 2.05) is 0 Å². The largest absolute Gasteiger partial charge is 0.497 e. The molecule has 0 bridgehead atoms. The summed E-state index contributed by atoms with van der Waals surface area (Å²) in [7, 11) is -4.79. The minimum absolute atomic E-state index is 0.00197. The van der Waals surface area contributed by atoms with E-state index in [0.29, 0.717) is 18.7 Å². The van der Waals surface area contributed by atoms with Gasteiger partial charge in [-0.2, -0.15) is 8.61 Å². The van der Waals surface area contributed by atoms with Crippen LogP contribution < -0.4 is 4.74 Å². The van der Waals surface area contributed by atoms with Crippen LogP contribution in [0.15, 0.2) is 29.2 Å². The second kappa shape index (κ2) is 7.38. The van der Waals surface area contributed by atoms with Crippen LogP contribution >= 0.6 is 0 Å². The van der Waals surface area contributed by atoms with Crippen LogP contribution in [-0.4, -0.2) is 76.6 Å². The number of ether oxygens (including phenoxy) is 2. The second-order valence-corrected chi connectivity index (χ2v) is 10.4. The molecular formula is C16H22N2O7S2. The highest BCUT2D eigenvalue weighted by atomic mass is 32.2. The maximum absolute atomic E-state index is 13.1. The van der Waals surface area contributed by atoms with Gasteiger partial charge in [-0.15, -0.1) is 0 Å². The van der Waals surface area contributed by atoms with Crippen molar-refractivity contribution in [3.05, 3.63) is 24.3 Å². The first-order valence-electron chi connectivity index (χ1n) is 8.44. The van der Waals surface area contributed by atoms with Gasteiger partial charge in [-0.25, -0.2) is 16.8 Å². The van der Waals surface area contributed by atoms with Crippen molar-refractivity contribution in [1.82, 2.24) is 8.61 Å². The number of rotatable bonds is 5. The number of benzene rings is 1. The van der Waals surface area contributed by atoms with Gasteiger partial charge in [0.2, 0.25) is 20.0 Å². The fraction of sp³-hybridized carbons (Fsp3) is 0.562. The lowest BCUT2D eigenvalue weighted by Gasteiger charge is -2.23. The summed E-state index contributed by atoms with van der Waals surface area (Å²) in [5, 5.41) is 0. The molecule has 2 fully saturated rings. The number of carbonyl (C=O) groups is 1. The molecule has 0 aromatic heterocycles. The van der Waals surface area contributed by atoms with Crippen molar-refractivity contribution in [3.63, 3.8) is 0 Å². The predicted molar refractivity (Wildman–Crippen MR) is 96.2 cm³/mol. The van der Waals surface area contributed by atoms with E-state index in [1.165, 1.54) is 42.8 Å². The molecule has 2 saturated heterocycles. The fourth-order valence-electron chi connectivity index (χ4n) is 3.56. The van der Waals surface area contributed by atoms with E-state index in [4.69, 9.17) is 9.47 Å². The molecule has 0 amide bonds. The van der Waals surface area contributed by atoms with Crippen molar-refractivity contribution in [3.8, 4) is 5.75 Å². The summed E-state index contributed by atoms with van der Waals surface area (Å²) in [5.41, 5.74) is 0. The Morgan fingerprint density at radius 1 is 1.19 bits per heavy atom. The van der Waals surface area contributed by atoms with Crippen LogP contribution in [-0.2, 0) is 29.6 Å². The van der Waals surface area contributed by atoms with Gasteiger partial charge in [0.1, 0.15) is 11.8 Å². The summed E-state index contributed by atoms with van der Waals surface area (Å²) in [6.07, 6.45) is 0.564. The summed E-state index contributed by atoms with van der Waals surface area (Å²) in [6.45, 7) is 0.241. The van der Waals surface area contributed by atoms with Gasteiger partial charge in [-0.05, 0) is 37.1 Å². The number of hydrogen-bond acceptors (Lipinski definition) is 7. The standard InChI is InChI=1S/C16H22N2O7S2/c1-24-13-4-6-14(7-5-13)27(22,23)18-11-12(10-15(18)16(19)25-2)17-8-3-9-26(17,20)21/h4-7,12,15H,3,8-11H2,1-2H3/t12-,15+/m0/s1. The third-order valence-electron chi connectivity index (χ3n) is 4.92. The van der Waals surface area contributed by atoms with E-state index in [-0.39, 0.29) is 23.6 Å². The Morgan fingerprint density at radius 2 is 1.85 bits per heavy atom.